The molecule has 3 aromatic rings. The van der Waals surface area contributed by atoms with Crippen LogP contribution in [-0.2, 0) is 4.79 Å². The second-order valence-electron chi connectivity index (χ2n) is 7.07. The average molecular weight is 369 g/mol. The van der Waals surface area contributed by atoms with Gasteiger partial charge in [0.25, 0.3) is 0 Å². The number of hydrogen-bond acceptors (Lipinski definition) is 7. The monoisotopic (exact) mass is 369 g/mol. The highest BCUT2D eigenvalue weighted by Crippen LogP contribution is 2.52. The molecular weight excluding hydrogens is 353 g/mol. The van der Waals surface area contributed by atoms with Gasteiger partial charge in [-0.1, -0.05) is 0 Å². The fourth-order valence-electron chi connectivity index (χ4n) is 4.05. The number of fused-ring (bicyclic) bond motifs is 2. The van der Waals surface area contributed by atoms with Gasteiger partial charge in [-0.2, -0.15) is 5.10 Å². The maximum Gasteiger partial charge on any atom is 0.308 e. The average Bonchev–Trinajstić information content (AvgIpc) is 3.34. The van der Waals surface area contributed by atoms with Crippen LogP contribution in [0.1, 0.15) is 19.3 Å². The molecule has 0 aromatic carbocycles. The summed E-state index contributed by atoms with van der Waals surface area (Å²) in [6.45, 7) is 0. The van der Waals surface area contributed by atoms with Gasteiger partial charge in [0.05, 0.1) is 12.1 Å². The van der Waals surface area contributed by atoms with E-state index in [2.05, 4.69) is 35.5 Å². The van der Waals surface area contributed by atoms with Crippen LogP contribution in [0, 0.1) is 23.6 Å². The van der Waals surface area contributed by atoms with Crippen LogP contribution >= 0.6 is 0 Å². The van der Waals surface area contributed by atoms with Crippen molar-refractivity contribution in [2.24, 2.45) is 17.8 Å². The minimum absolute atomic E-state index is 0.00422. The third kappa shape index (κ3) is 2.68. The van der Waals surface area contributed by atoms with Gasteiger partial charge in [-0.15, -0.1) is 0 Å². The fraction of sp³-hybridized carbons (Fsp3) is 0.412. The van der Waals surface area contributed by atoms with Gasteiger partial charge in [-0.05, 0) is 31.1 Å². The van der Waals surface area contributed by atoms with Crippen LogP contribution in [0.2, 0.25) is 0 Å². The summed E-state index contributed by atoms with van der Waals surface area (Å²) in [5.41, 5.74) is 1.33. The Hall–Kier alpha value is -3.17. The number of H-pyrrole nitrogens is 1. The predicted molar refractivity (Wildman–Crippen MR) is 92.0 cm³/mol. The summed E-state index contributed by atoms with van der Waals surface area (Å²) in [5, 5.41) is 19.4. The predicted octanol–water partition coefficient (Wildman–Crippen LogP) is 1.86. The molecule has 2 aliphatic rings. The van der Waals surface area contributed by atoms with Gasteiger partial charge in [-0.25, -0.2) is 24.3 Å². The highest BCUT2D eigenvalue weighted by molar-refractivity contribution is 5.84. The summed E-state index contributed by atoms with van der Waals surface area (Å²) in [5.74, 6) is -1.05. The van der Waals surface area contributed by atoms with Gasteiger partial charge < -0.3 is 10.4 Å². The molecule has 2 fully saturated rings. The van der Waals surface area contributed by atoms with Crippen molar-refractivity contribution in [3.63, 3.8) is 0 Å². The van der Waals surface area contributed by atoms with Crippen LogP contribution in [0.3, 0.4) is 0 Å². The molecule has 0 radical (unpaired) electrons. The smallest absolute Gasteiger partial charge is 0.308 e. The van der Waals surface area contributed by atoms with Crippen molar-refractivity contribution >= 4 is 23.0 Å². The van der Waals surface area contributed by atoms with Crippen molar-refractivity contribution in [1.82, 2.24) is 30.1 Å². The maximum absolute atomic E-state index is 14.4. The zero-order valence-corrected chi connectivity index (χ0v) is 14.1. The molecule has 0 unspecified atom stereocenters. The number of carboxylic acids is 1. The van der Waals surface area contributed by atoms with Crippen LogP contribution in [-0.4, -0.2) is 47.3 Å². The van der Waals surface area contributed by atoms with E-state index in [9.17, 15) is 14.3 Å². The molecule has 2 aliphatic carbocycles. The second-order valence-corrected chi connectivity index (χ2v) is 7.07. The normalized spacial score (nSPS) is 26.6. The first kappa shape index (κ1) is 16.0. The number of halogens is 1. The van der Waals surface area contributed by atoms with Crippen LogP contribution < -0.4 is 5.32 Å². The van der Waals surface area contributed by atoms with Crippen molar-refractivity contribution in [3.05, 3.63) is 24.4 Å². The molecule has 0 saturated heterocycles. The zero-order chi connectivity index (χ0) is 18.5. The first-order valence-electron chi connectivity index (χ1n) is 8.79. The highest BCUT2D eigenvalue weighted by atomic mass is 19.1. The summed E-state index contributed by atoms with van der Waals surface area (Å²) in [4.78, 5) is 28.2. The van der Waals surface area contributed by atoms with Crippen LogP contribution in [0.4, 0.5) is 10.2 Å². The Bertz CT molecular complexity index is 1040. The van der Waals surface area contributed by atoms with E-state index < -0.39 is 17.7 Å². The number of carboxylic acid groups (broad SMARTS) is 1. The number of hydrogen-bond donors (Lipinski definition) is 3. The fourth-order valence-corrected chi connectivity index (χ4v) is 4.05. The van der Waals surface area contributed by atoms with Gasteiger partial charge in [0.2, 0.25) is 0 Å². The Morgan fingerprint density at radius 2 is 2.11 bits per heavy atom. The van der Waals surface area contributed by atoms with Gasteiger partial charge in [-0.3, -0.25) is 9.89 Å². The number of anilines is 1. The van der Waals surface area contributed by atoms with E-state index >= 15 is 0 Å². The van der Waals surface area contributed by atoms with E-state index in [1.807, 2.05) is 0 Å². The quantitative estimate of drug-likeness (QED) is 0.635. The van der Waals surface area contributed by atoms with Crippen molar-refractivity contribution < 1.29 is 14.3 Å². The summed E-state index contributed by atoms with van der Waals surface area (Å²) in [7, 11) is 0. The molecule has 3 heterocycles. The molecule has 9 nitrogen and oxygen atoms in total. The maximum atomic E-state index is 14.4. The Labute approximate surface area is 152 Å². The number of aromatic amines is 1. The second kappa shape index (κ2) is 5.93. The van der Waals surface area contributed by atoms with Gasteiger partial charge in [0.1, 0.15) is 11.2 Å². The number of nitrogens with one attached hydrogen (secondary N) is 2. The van der Waals surface area contributed by atoms with E-state index in [1.54, 1.807) is 0 Å². The van der Waals surface area contributed by atoms with E-state index in [4.69, 9.17) is 0 Å². The molecule has 10 heteroatoms. The lowest BCUT2D eigenvalue weighted by Gasteiger charge is -2.29. The Kier molecular flexibility index (Phi) is 3.52. The van der Waals surface area contributed by atoms with Crippen molar-refractivity contribution in [3.8, 4) is 11.5 Å². The lowest BCUT2D eigenvalue weighted by molar-refractivity contribution is -0.143. The first-order chi connectivity index (χ1) is 13.1. The lowest BCUT2D eigenvalue weighted by atomic mass is 9.84. The number of aliphatic carboxylic acids is 1. The summed E-state index contributed by atoms with van der Waals surface area (Å²) in [6, 6.07) is -0.336. The van der Waals surface area contributed by atoms with E-state index in [1.165, 1.54) is 12.4 Å². The molecule has 5 rings (SSSR count). The summed E-state index contributed by atoms with van der Waals surface area (Å²) >= 11 is 0. The first-order valence-corrected chi connectivity index (χ1v) is 8.79. The Morgan fingerprint density at radius 1 is 1.26 bits per heavy atom. The summed E-state index contributed by atoms with van der Waals surface area (Å²) < 4.78 is 14.4. The molecule has 0 amide bonds. The van der Waals surface area contributed by atoms with Gasteiger partial charge in [0, 0.05) is 18.4 Å². The molecule has 27 heavy (non-hydrogen) atoms. The minimum Gasteiger partial charge on any atom is -0.481 e. The largest absolute Gasteiger partial charge is 0.481 e. The van der Waals surface area contributed by atoms with Crippen molar-refractivity contribution in [1.29, 1.82) is 0 Å². The van der Waals surface area contributed by atoms with Crippen LogP contribution in [0.5, 0.6) is 0 Å². The van der Waals surface area contributed by atoms with E-state index in [0.29, 0.717) is 29.2 Å². The molecule has 4 atom stereocenters. The third-order valence-electron chi connectivity index (χ3n) is 5.50. The molecule has 3 aromatic heterocycles. The van der Waals surface area contributed by atoms with Crippen molar-refractivity contribution in [2.75, 3.05) is 5.32 Å². The van der Waals surface area contributed by atoms with E-state index in [0.717, 1.165) is 19.0 Å². The Balaban J connectivity index is 1.50. The number of carbonyl (C=O) groups is 1. The molecule has 0 aliphatic heterocycles. The molecule has 138 valence electrons. The molecule has 2 saturated carbocycles. The number of aromatic nitrogens is 6. The SMILES string of the molecule is O=C(O)[C@H]1CC[C@@H]2C[C@@H]2[C@@H]1Nc1nc(-c2[nH]nc3nccnc23)ncc1F. The summed E-state index contributed by atoms with van der Waals surface area (Å²) in [6.07, 6.45) is 6.59. The minimum atomic E-state index is -0.859. The van der Waals surface area contributed by atoms with Crippen molar-refractivity contribution in [2.45, 2.75) is 25.3 Å². The number of rotatable bonds is 4. The molecule has 3 N–H and O–H groups in total. The van der Waals surface area contributed by atoms with E-state index in [-0.39, 0.29) is 23.6 Å². The zero-order valence-electron chi connectivity index (χ0n) is 14.1. The van der Waals surface area contributed by atoms with Crippen LogP contribution in [0.25, 0.3) is 22.7 Å². The topological polar surface area (TPSA) is 130 Å². The van der Waals surface area contributed by atoms with Gasteiger partial charge >= 0.3 is 5.97 Å². The highest BCUT2D eigenvalue weighted by Gasteiger charge is 2.51. The number of nitrogens with zero attached hydrogens (tertiary/aromatic N) is 5. The molecular formula is C17H16FN7O2. The van der Waals surface area contributed by atoms with Crippen LogP contribution in [0.15, 0.2) is 18.6 Å². The standard InChI is InChI=1S/C17H16FN7O2/c18-10-6-21-15(13-12-16(25-24-13)20-4-3-19-12)23-14(10)22-11-8(17(26)27)2-1-7-5-9(7)11/h3-4,6-9,11H,1-2,5H2,(H,26,27)(H,20,24,25)(H,21,22,23)/t7-,8+,9+,11-/m1/s1. The van der Waals surface area contributed by atoms with Gasteiger partial charge in [0.15, 0.2) is 23.1 Å². The molecule has 0 bridgehead atoms. The lowest BCUT2D eigenvalue weighted by Crippen LogP contribution is -2.39. The molecule has 0 spiro atoms. The Morgan fingerprint density at radius 3 is 2.96 bits per heavy atom. The third-order valence-corrected chi connectivity index (χ3v) is 5.50.